The SMILES string of the molecule is CC(C)NC(=O)CCc1ccc(OC2=C(/C=C/C3=[N+](CCC[N+](C)(C)C)c4ccc(S(=O)(=O)O)cc4C3(C)C)CCC/C2=C\C=C2\N(CCC[N+](C)(C)C)c3ccc(S(=O)(=O)O)cc3C2(C)C)cc1. The quantitative estimate of drug-likeness (QED) is 0.0608. The summed E-state index contributed by atoms with van der Waals surface area (Å²) in [6, 6.07) is 17.7. The third-order valence-electron chi connectivity index (χ3n) is 13.3. The fraction of sp³-hybridized carbons (Fsp3) is 0.481. The first-order valence-corrected chi connectivity index (χ1v) is 27.0. The molecule has 6 rings (SSSR count). The van der Waals surface area contributed by atoms with E-state index in [9.17, 15) is 30.7 Å². The molecule has 0 aromatic heterocycles. The Morgan fingerprint density at radius 1 is 0.797 bits per heavy atom. The van der Waals surface area contributed by atoms with Gasteiger partial charge in [0.2, 0.25) is 11.6 Å². The number of carbonyl (C=O) groups is 1. The summed E-state index contributed by atoms with van der Waals surface area (Å²) in [6.07, 6.45) is 13.6. The lowest BCUT2D eigenvalue weighted by atomic mass is 9.81. The minimum absolute atomic E-state index is 0.00886. The highest BCUT2D eigenvalue weighted by Crippen LogP contribution is 2.49. The molecule has 13 nitrogen and oxygen atoms in total. The highest BCUT2D eigenvalue weighted by Gasteiger charge is 2.45. The van der Waals surface area contributed by atoms with E-state index in [0.29, 0.717) is 31.7 Å². The Labute approximate surface area is 412 Å². The average Bonchev–Trinajstić information content (AvgIpc) is 3.57. The molecule has 1 aliphatic carbocycles. The van der Waals surface area contributed by atoms with Crippen LogP contribution in [0.5, 0.6) is 5.75 Å². The van der Waals surface area contributed by atoms with Gasteiger partial charge in [-0.2, -0.15) is 21.4 Å². The Bertz CT molecular complexity index is 2820. The van der Waals surface area contributed by atoms with E-state index in [4.69, 9.17) is 4.74 Å². The molecule has 3 aliphatic rings. The van der Waals surface area contributed by atoms with Crippen molar-refractivity contribution < 1.29 is 49.0 Å². The zero-order valence-electron chi connectivity index (χ0n) is 42.9. The molecule has 2 aliphatic heterocycles. The van der Waals surface area contributed by atoms with E-state index in [2.05, 4.69) is 109 Å². The van der Waals surface area contributed by atoms with Crippen LogP contribution in [0.25, 0.3) is 0 Å². The van der Waals surface area contributed by atoms with Crippen molar-refractivity contribution in [1.82, 2.24) is 5.32 Å². The van der Waals surface area contributed by atoms with Crippen molar-refractivity contribution in [2.75, 3.05) is 73.4 Å². The minimum atomic E-state index is -4.43. The zero-order valence-corrected chi connectivity index (χ0v) is 44.5. The number of benzene rings is 3. The van der Waals surface area contributed by atoms with Gasteiger partial charge in [-0.05, 0) is 130 Å². The van der Waals surface area contributed by atoms with Crippen molar-refractivity contribution in [1.29, 1.82) is 0 Å². The molecule has 0 unspecified atom stereocenters. The maximum atomic E-state index is 12.4. The molecule has 3 N–H and O–H groups in total. The second kappa shape index (κ2) is 20.4. The molecule has 0 bridgehead atoms. The number of hydrogen-bond donors (Lipinski definition) is 3. The van der Waals surface area contributed by atoms with Gasteiger partial charge in [-0.15, -0.1) is 0 Å². The van der Waals surface area contributed by atoms with Crippen molar-refractivity contribution >= 4 is 43.2 Å². The summed E-state index contributed by atoms with van der Waals surface area (Å²) in [5.41, 5.74) is 7.25. The van der Waals surface area contributed by atoms with Gasteiger partial charge in [-0.3, -0.25) is 13.9 Å². The lowest BCUT2D eigenvalue weighted by molar-refractivity contribution is -0.871. The topological polar surface area (TPSA) is 153 Å². The summed E-state index contributed by atoms with van der Waals surface area (Å²) in [5.74, 6) is 1.40. The Morgan fingerprint density at radius 2 is 1.41 bits per heavy atom. The molecule has 0 atom stereocenters. The first-order chi connectivity index (χ1) is 32.0. The molecule has 3 aromatic carbocycles. The molecule has 0 saturated heterocycles. The molecule has 69 heavy (non-hydrogen) atoms. The van der Waals surface area contributed by atoms with Crippen LogP contribution in [-0.2, 0) is 42.3 Å². The second-order valence-electron chi connectivity index (χ2n) is 22.2. The van der Waals surface area contributed by atoms with Gasteiger partial charge in [-0.25, -0.2) is 0 Å². The molecule has 374 valence electrons. The Hall–Kier alpha value is -4.90. The lowest BCUT2D eigenvalue weighted by Gasteiger charge is -2.29. The average molecular weight is 987 g/mol. The number of quaternary nitrogens is 2. The van der Waals surface area contributed by atoms with Gasteiger partial charge in [0.25, 0.3) is 20.2 Å². The van der Waals surface area contributed by atoms with Crippen LogP contribution in [0, 0.1) is 0 Å². The summed E-state index contributed by atoms with van der Waals surface area (Å²) in [6.45, 7) is 15.5. The van der Waals surface area contributed by atoms with E-state index in [0.717, 1.165) is 111 Å². The van der Waals surface area contributed by atoms with Crippen LogP contribution in [0.4, 0.5) is 11.4 Å². The van der Waals surface area contributed by atoms with E-state index in [1.807, 2.05) is 38.1 Å². The summed E-state index contributed by atoms with van der Waals surface area (Å²) in [5, 5.41) is 2.96. The summed E-state index contributed by atoms with van der Waals surface area (Å²) >= 11 is 0. The number of amides is 1. The molecular weight excluding hydrogens is 911 g/mol. The molecule has 15 heteroatoms. The predicted molar refractivity (Wildman–Crippen MR) is 276 cm³/mol. The lowest BCUT2D eigenvalue weighted by Crippen LogP contribution is -2.37. The summed E-state index contributed by atoms with van der Waals surface area (Å²) in [4.78, 5) is 14.5. The van der Waals surface area contributed by atoms with Crippen molar-refractivity contribution in [3.8, 4) is 5.75 Å². The van der Waals surface area contributed by atoms with E-state index >= 15 is 0 Å². The normalized spacial score (nSPS) is 18.5. The van der Waals surface area contributed by atoms with Gasteiger partial charge in [0.15, 0.2) is 12.3 Å². The molecule has 0 saturated carbocycles. The van der Waals surface area contributed by atoms with Crippen LogP contribution < -0.4 is 15.0 Å². The number of aryl methyl sites for hydroxylation is 1. The van der Waals surface area contributed by atoms with Crippen molar-refractivity contribution in [3.63, 3.8) is 0 Å². The monoisotopic (exact) mass is 987 g/mol. The number of hydrogen-bond acceptors (Lipinski definition) is 7. The number of nitrogens with zero attached hydrogens (tertiary/aromatic N) is 4. The van der Waals surface area contributed by atoms with Gasteiger partial charge in [-0.1, -0.05) is 32.1 Å². The second-order valence-corrected chi connectivity index (χ2v) is 25.1. The largest absolute Gasteiger partial charge is 0.457 e. The Morgan fingerprint density at radius 3 is 2.01 bits per heavy atom. The number of rotatable bonds is 19. The third kappa shape index (κ3) is 13.1. The smallest absolute Gasteiger partial charge is 0.294 e. The Kier molecular flexibility index (Phi) is 15.8. The summed E-state index contributed by atoms with van der Waals surface area (Å²) < 4.78 is 80.4. The molecule has 0 radical (unpaired) electrons. The Balaban J connectivity index is 1.47. The van der Waals surface area contributed by atoms with Crippen molar-refractivity contribution in [3.05, 3.63) is 124 Å². The molecule has 3 aromatic rings. The zero-order chi connectivity index (χ0) is 50.9. The number of ether oxygens (including phenoxy) is 1. The van der Waals surface area contributed by atoms with Gasteiger partial charge >= 0.3 is 0 Å². The standard InChI is InChI=1S/C54H73N5O8S2/c1-38(2)55-51(60)31-20-39-18-23-42(24-19-39)67-52-40(21-29-49-53(3,4)45-36-43(68(61,62)63)25-27-47(45)56(49)32-14-34-58(7,8)9)16-13-17-41(52)22-30-50-54(5,6)46-37-44(69(64,65)66)26-28-48(46)57(50)33-15-35-59(10,11)12/h18-19,21-30,36-38H,13-17,20,31-35H2,1-12H3/p+3. The number of fused-ring (bicyclic) bond motifs is 2. The molecule has 0 fully saturated rings. The number of nitrogens with one attached hydrogen (secondary N) is 1. The highest BCUT2D eigenvalue weighted by molar-refractivity contribution is 7.86. The van der Waals surface area contributed by atoms with Gasteiger partial charge in [0.05, 0.1) is 77.0 Å². The molecule has 2 heterocycles. The summed E-state index contributed by atoms with van der Waals surface area (Å²) in [7, 11) is 4.14. The fourth-order valence-corrected chi connectivity index (χ4v) is 10.7. The van der Waals surface area contributed by atoms with Crippen LogP contribution in [0.1, 0.15) is 96.8 Å². The van der Waals surface area contributed by atoms with Crippen molar-refractivity contribution in [2.45, 2.75) is 113 Å². The third-order valence-corrected chi connectivity index (χ3v) is 15.0. The van der Waals surface area contributed by atoms with Crippen LogP contribution in [-0.4, -0.2) is 126 Å². The molecular formula is C54H76N5O8S2+3. The van der Waals surface area contributed by atoms with E-state index in [-0.39, 0.29) is 21.7 Å². The highest BCUT2D eigenvalue weighted by atomic mass is 32.2. The van der Waals surface area contributed by atoms with E-state index < -0.39 is 31.1 Å². The van der Waals surface area contributed by atoms with Gasteiger partial charge in [0, 0.05) is 59.9 Å². The van der Waals surface area contributed by atoms with E-state index in [1.165, 1.54) is 12.1 Å². The van der Waals surface area contributed by atoms with Crippen LogP contribution in [0.2, 0.25) is 0 Å². The fourth-order valence-electron chi connectivity index (χ4n) is 9.72. The predicted octanol–water partition coefficient (Wildman–Crippen LogP) is 8.89. The van der Waals surface area contributed by atoms with Crippen molar-refractivity contribution in [2.24, 2.45) is 0 Å². The van der Waals surface area contributed by atoms with Gasteiger partial charge in [0.1, 0.15) is 11.5 Å². The molecule has 0 spiro atoms. The maximum Gasteiger partial charge on any atom is 0.294 e. The number of carbonyl (C=O) groups excluding carboxylic acids is 1. The van der Waals surface area contributed by atoms with Crippen LogP contribution in [0.15, 0.2) is 117 Å². The number of anilines is 1. The van der Waals surface area contributed by atoms with E-state index in [1.54, 1.807) is 24.3 Å². The first kappa shape index (κ1) is 53.5. The maximum absolute atomic E-state index is 12.4. The van der Waals surface area contributed by atoms with Gasteiger partial charge < -0.3 is 23.9 Å². The van der Waals surface area contributed by atoms with Crippen LogP contribution in [0.3, 0.4) is 0 Å². The minimum Gasteiger partial charge on any atom is -0.457 e. The first-order valence-electron chi connectivity index (χ1n) is 24.1. The molecule has 1 amide bonds. The number of allylic oxidation sites excluding steroid dienone is 7. The van der Waals surface area contributed by atoms with Crippen LogP contribution >= 0.6 is 0 Å².